The highest BCUT2D eigenvalue weighted by Crippen LogP contribution is 2.14. The minimum absolute atomic E-state index is 0.178. The number of ether oxygens (including phenoxy) is 1. The third-order valence-corrected chi connectivity index (χ3v) is 3.54. The summed E-state index contributed by atoms with van der Waals surface area (Å²) in [7, 11) is 1.24. The van der Waals surface area contributed by atoms with Gasteiger partial charge in [0.05, 0.1) is 7.11 Å². The molecule has 20 heavy (non-hydrogen) atoms. The summed E-state index contributed by atoms with van der Waals surface area (Å²) in [5.41, 5.74) is 5.43. The molecule has 1 aromatic rings. The summed E-state index contributed by atoms with van der Waals surface area (Å²) in [5.74, 6) is 0.766. The topological polar surface area (TPSA) is 92.3 Å². The van der Waals surface area contributed by atoms with Gasteiger partial charge in [-0.1, -0.05) is 41.4 Å². The summed E-state index contributed by atoms with van der Waals surface area (Å²) >= 11 is 11.9. The minimum Gasteiger partial charge on any atom is -0.453 e. The molecule has 1 aromatic carbocycles. The first-order chi connectivity index (χ1) is 9.49. The van der Waals surface area contributed by atoms with Crippen LogP contribution in [0, 0.1) is 0 Å². The van der Waals surface area contributed by atoms with Crippen LogP contribution in [-0.2, 0) is 4.74 Å². The van der Waals surface area contributed by atoms with Gasteiger partial charge in [0, 0.05) is 0 Å². The highest BCUT2D eigenvalue weighted by atomic mass is 35.5. The Bertz CT molecular complexity index is 574. The van der Waals surface area contributed by atoms with Crippen molar-refractivity contribution >= 4 is 41.0 Å². The molecule has 0 saturated carbocycles. The second kappa shape index (κ2) is 5.68. The van der Waals surface area contributed by atoms with E-state index in [-0.39, 0.29) is 5.84 Å². The monoisotopic (exact) mass is 316 g/mol. The van der Waals surface area contributed by atoms with Gasteiger partial charge >= 0.3 is 23.4 Å². The van der Waals surface area contributed by atoms with E-state index in [0.717, 1.165) is 5.56 Å². The largest absolute Gasteiger partial charge is 0.453 e. The molecule has 2 rings (SSSR count). The smallest absolute Gasteiger partial charge is 0.446 e. The van der Waals surface area contributed by atoms with Crippen molar-refractivity contribution in [2.24, 2.45) is 5.73 Å². The molecule has 0 bridgehead atoms. The number of rotatable bonds is 3. The third kappa shape index (κ3) is 2.57. The molecule has 0 aliphatic carbocycles. The van der Waals surface area contributed by atoms with E-state index in [9.17, 15) is 4.79 Å². The van der Waals surface area contributed by atoms with Crippen molar-refractivity contribution in [3.63, 3.8) is 0 Å². The number of nitrogens with two attached hydrogens (primary N) is 1. The van der Waals surface area contributed by atoms with Crippen molar-refractivity contribution in [3.8, 4) is 0 Å². The first-order valence-electron chi connectivity index (χ1n) is 5.74. The highest BCUT2D eigenvalue weighted by Gasteiger charge is 2.58. The molecule has 1 aliphatic rings. The summed E-state index contributed by atoms with van der Waals surface area (Å²) in [6.45, 7) is 0. The second-order valence-electron chi connectivity index (χ2n) is 4.13. The lowest BCUT2D eigenvalue weighted by Crippen LogP contribution is -2.96. The van der Waals surface area contributed by atoms with Crippen LogP contribution in [0.2, 0.25) is 0 Å². The Morgan fingerprint density at radius 2 is 2.05 bits per heavy atom. The standard InChI is InChI=1S/C12H12Cl2N4O2/c1-20-11(19)18-12(9(13)14)10(15)16-8(17-12)7-5-3-2-4-6-7/h2-6,9H,1H3,(H,18,19)(H2,15,16,17)/p+2/t12-/m0/s1. The first-order valence-corrected chi connectivity index (χ1v) is 6.61. The third-order valence-electron chi connectivity index (χ3n) is 2.88. The van der Waals surface area contributed by atoms with E-state index >= 15 is 0 Å². The normalized spacial score (nSPS) is 21.4. The van der Waals surface area contributed by atoms with Crippen molar-refractivity contribution in [1.82, 2.24) is 5.32 Å². The number of alkyl carbamates (subject to hydrolysis) is 1. The average molecular weight is 317 g/mol. The maximum absolute atomic E-state index is 11.5. The molecule has 0 spiro atoms. The molecule has 0 aromatic heterocycles. The van der Waals surface area contributed by atoms with E-state index in [1.165, 1.54) is 7.11 Å². The molecular formula is C12H14Cl2N4O2+2. The fraction of sp³-hybridized carbons (Fsp3) is 0.250. The van der Waals surface area contributed by atoms with Crippen molar-refractivity contribution in [1.29, 1.82) is 0 Å². The lowest BCUT2D eigenvalue weighted by molar-refractivity contribution is -0.543. The van der Waals surface area contributed by atoms with Gasteiger partial charge < -0.3 is 10.5 Å². The van der Waals surface area contributed by atoms with Crippen LogP contribution in [0.5, 0.6) is 0 Å². The molecule has 0 unspecified atom stereocenters. The molecule has 5 N–H and O–H groups in total. The zero-order valence-corrected chi connectivity index (χ0v) is 12.1. The van der Waals surface area contributed by atoms with Gasteiger partial charge in [-0.05, 0) is 12.1 Å². The van der Waals surface area contributed by atoms with Crippen molar-refractivity contribution in [3.05, 3.63) is 35.9 Å². The second-order valence-corrected chi connectivity index (χ2v) is 5.23. The van der Waals surface area contributed by atoms with Crippen LogP contribution in [0.4, 0.5) is 4.79 Å². The number of benzene rings is 1. The number of methoxy groups -OCH3 is 1. The molecule has 1 heterocycles. The molecule has 1 aliphatic heterocycles. The highest BCUT2D eigenvalue weighted by molar-refractivity contribution is 6.46. The Hall–Kier alpha value is -1.79. The van der Waals surface area contributed by atoms with E-state index in [1.807, 2.05) is 30.3 Å². The van der Waals surface area contributed by atoms with E-state index in [1.54, 1.807) is 0 Å². The minimum atomic E-state index is -1.35. The number of carbonyl (C=O) groups excluding carboxylic acids is 1. The molecule has 6 nitrogen and oxygen atoms in total. The Morgan fingerprint density at radius 1 is 1.40 bits per heavy atom. The van der Waals surface area contributed by atoms with Gasteiger partial charge in [0.15, 0.2) is 0 Å². The molecule has 0 fully saturated rings. The first kappa shape index (κ1) is 14.6. The Labute approximate surface area is 125 Å². The van der Waals surface area contributed by atoms with Gasteiger partial charge in [0.25, 0.3) is 0 Å². The molecule has 8 heteroatoms. The Balaban J connectivity index is 2.42. The van der Waals surface area contributed by atoms with Crippen molar-refractivity contribution < 1.29 is 19.5 Å². The molecule has 106 valence electrons. The van der Waals surface area contributed by atoms with Gasteiger partial charge in [-0.2, -0.15) is 0 Å². The zero-order valence-electron chi connectivity index (χ0n) is 10.6. The van der Waals surface area contributed by atoms with Gasteiger partial charge in [-0.3, -0.25) is 0 Å². The van der Waals surface area contributed by atoms with Gasteiger partial charge in [0.1, 0.15) is 5.56 Å². The van der Waals surface area contributed by atoms with Crippen LogP contribution in [0.15, 0.2) is 30.3 Å². The van der Waals surface area contributed by atoms with E-state index in [0.29, 0.717) is 5.84 Å². The molecule has 0 radical (unpaired) electrons. The van der Waals surface area contributed by atoms with Crippen LogP contribution < -0.4 is 21.0 Å². The molecule has 1 atom stereocenters. The maximum Gasteiger partial charge on any atom is 0.446 e. The zero-order chi connectivity index (χ0) is 14.8. The molecule has 0 saturated heterocycles. The van der Waals surface area contributed by atoms with E-state index < -0.39 is 16.6 Å². The van der Waals surface area contributed by atoms with Crippen LogP contribution in [0.1, 0.15) is 5.56 Å². The fourth-order valence-electron chi connectivity index (χ4n) is 1.82. The van der Waals surface area contributed by atoms with Crippen LogP contribution in [0.25, 0.3) is 0 Å². The molecule has 1 amide bonds. The van der Waals surface area contributed by atoms with Crippen LogP contribution >= 0.6 is 23.2 Å². The lowest BCUT2D eigenvalue weighted by Gasteiger charge is -2.18. The Kier molecular flexibility index (Phi) is 4.15. The predicted molar refractivity (Wildman–Crippen MR) is 75.4 cm³/mol. The van der Waals surface area contributed by atoms with E-state index in [4.69, 9.17) is 28.9 Å². The maximum atomic E-state index is 11.5. The number of hydrogen-bond acceptors (Lipinski definition) is 3. The predicted octanol–water partition coefficient (Wildman–Crippen LogP) is -2.18. The quantitative estimate of drug-likeness (QED) is 0.478. The van der Waals surface area contributed by atoms with Gasteiger partial charge in [-0.25, -0.2) is 10.1 Å². The number of halogens is 2. The number of amidine groups is 2. The Morgan fingerprint density at radius 3 is 2.60 bits per heavy atom. The number of amides is 1. The van der Waals surface area contributed by atoms with Crippen molar-refractivity contribution in [2.75, 3.05) is 7.11 Å². The van der Waals surface area contributed by atoms with Crippen LogP contribution in [0.3, 0.4) is 0 Å². The SMILES string of the molecule is COC(=O)N[C@]1(C(Cl)Cl)[NH+]=C(c2ccccc2)[NH+]=C1N. The summed E-state index contributed by atoms with van der Waals surface area (Å²) in [4.78, 5) is 16.4. The van der Waals surface area contributed by atoms with E-state index in [2.05, 4.69) is 20.0 Å². The summed E-state index contributed by atoms with van der Waals surface area (Å²) in [5, 5.41) is 2.51. The van der Waals surface area contributed by atoms with Gasteiger partial charge in [-0.15, -0.1) is 9.98 Å². The lowest BCUT2D eigenvalue weighted by atomic mass is 10.2. The number of hydrogen-bond donors (Lipinski definition) is 4. The van der Waals surface area contributed by atoms with Crippen molar-refractivity contribution in [2.45, 2.75) is 10.5 Å². The number of carbonyl (C=O) groups is 1. The fourth-order valence-corrected chi connectivity index (χ4v) is 2.27. The van der Waals surface area contributed by atoms with Crippen LogP contribution in [-0.4, -0.2) is 35.4 Å². The molecular weight excluding hydrogens is 303 g/mol. The summed E-state index contributed by atoms with van der Waals surface area (Å²) in [6.07, 6.45) is -0.706. The number of alkyl halides is 2. The summed E-state index contributed by atoms with van der Waals surface area (Å²) < 4.78 is 4.56. The summed E-state index contributed by atoms with van der Waals surface area (Å²) in [6, 6.07) is 9.36. The number of nitrogens with one attached hydrogen (secondary N) is 3. The van der Waals surface area contributed by atoms with Gasteiger partial charge in [0.2, 0.25) is 4.84 Å². The average Bonchev–Trinajstić information content (AvgIpc) is 2.78.